The number of nitrogens with zero attached hydrogens (tertiary/aromatic N) is 2. The summed E-state index contributed by atoms with van der Waals surface area (Å²) < 4.78 is 10.7. The molecule has 1 atom stereocenters. The van der Waals surface area contributed by atoms with Crippen molar-refractivity contribution in [3.63, 3.8) is 0 Å². The SMILES string of the molecule is CCOCCCNCC(=O)N1N=C(c2ccc3ccccc3c2)CC1c1ccc(OC)cc1.O=C(O)C(=O)O. The van der Waals surface area contributed by atoms with Crippen molar-refractivity contribution in [2.45, 2.75) is 25.8 Å². The Morgan fingerprint density at radius 1 is 1.00 bits per heavy atom. The van der Waals surface area contributed by atoms with Crippen molar-refractivity contribution in [1.82, 2.24) is 10.3 Å². The standard InChI is InChI=1S/C27H31N3O3.C2H2O4/c1-3-33-16-6-15-28-19-27(31)30-26(21-11-13-24(32-2)14-12-21)18-25(29-30)23-10-9-20-7-4-5-8-22(20)17-23;3-1(4)2(5)6/h4-5,7-14,17,26,28H,3,6,15-16,18-19H2,1-2H3;(H,3,4)(H,5,6). The van der Waals surface area contributed by atoms with Crippen molar-refractivity contribution >= 4 is 34.3 Å². The largest absolute Gasteiger partial charge is 0.497 e. The number of carbonyl (C=O) groups is 3. The van der Waals surface area contributed by atoms with Gasteiger partial charge < -0.3 is 25.0 Å². The van der Waals surface area contributed by atoms with Gasteiger partial charge in [0.1, 0.15) is 5.75 Å². The van der Waals surface area contributed by atoms with Gasteiger partial charge in [-0.2, -0.15) is 5.10 Å². The Kier molecular flexibility index (Phi) is 11.0. The summed E-state index contributed by atoms with van der Waals surface area (Å²) >= 11 is 0. The Bertz CT molecular complexity index is 1300. The zero-order chi connectivity index (χ0) is 28.2. The molecule has 0 aliphatic carbocycles. The second-order valence-corrected chi connectivity index (χ2v) is 8.68. The number of ether oxygens (including phenoxy) is 2. The van der Waals surface area contributed by atoms with Crippen molar-refractivity contribution in [1.29, 1.82) is 0 Å². The lowest BCUT2D eigenvalue weighted by molar-refractivity contribution is -0.159. The molecule has 206 valence electrons. The number of rotatable bonds is 10. The molecule has 0 spiro atoms. The summed E-state index contributed by atoms with van der Waals surface area (Å²) in [6.07, 6.45) is 1.54. The maximum Gasteiger partial charge on any atom is 0.414 e. The van der Waals surface area contributed by atoms with Crippen LogP contribution in [-0.2, 0) is 19.1 Å². The summed E-state index contributed by atoms with van der Waals surface area (Å²) in [6.45, 7) is 4.36. The summed E-state index contributed by atoms with van der Waals surface area (Å²) in [5.74, 6) is -2.89. The van der Waals surface area contributed by atoms with Gasteiger partial charge in [-0.15, -0.1) is 0 Å². The highest BCUT2D eigenvalue weighted by Gasteiger charge is 2.32. The number of methoxy groups -OCH3 is 1. The van der Waals surface area contributed by atoms with Gasteiger partial charge in [-0.05, 0) is 60.0 Å². The van der Waals surface area contributed by atoms with E-state index in [1.54, 1.807) is 12.1 Å². The van der Waals surface area contributed by atoms with Crippen molar-refractivity contribution in [3.05, 3.63) is 77.9 Å². The molecule has 1 aliphatic heterocycles. The number of aliphatic carboxylic acids is 2. The van der Waals surface area contributed by atoms with Gasteiger partial charge in [0.25, 0.3) is 5.91 Å². The summed E-state index contributed by atoms with van der Waals surface area (Å²) in [4.78, 5) is 31.3. The number of hydrogen-bond donors (Lipinski definition) is 3. The third-order valence-corrected chi connectivity index (χ3v) is 6.05. The lowest BCUT2D eigenvalue weighted by Gasteiger charge is -2.22. The highest BCUT2D eigenvalue weighted by molar-refractivity contribution is 6.27. The van der Waals surface area contributed by atoms with Crippen molar-refractivity contribution in [2.24, 2.45) is 5.10 Å². The van der Waals surface area contributed by atoms with Crippen LogP contribution in [0.15, 0.2) is 71.8 Å². The minimum Gasteiger partial charge on any atom is -0.497 e. The first-order valence-corrected chi connectivity index (χ1v) is 12.6. The fraction of sp³-hybridized carbons (Fsp3) is 0.310. The van der Waals surface area contributed by atoms with Crippen LogP contribution in [-0.4, -0.2) is 72.2 Å². The van der Waals surface area contributed by atoms with E-state index >= 15 is 0 Å². The number of carboxylic acids is 2. The van der Waals surface area contributed by atoms with Crippen molar-refractivity contribution in [2.75, 3.05) is 33.4 Å². The van der Waals surface area contributed by atoms with Gasteiger partial charge >= 0.3 is 11.9 Å². The molecular weight excluding hydrogens is 502 g/mol. The predicted octanol–water partition coefficient (Wildman–Crippen LogP) is 3.70. The molecule has 39 heavy (non-hydrogen) atoms. The summed E-state index contributed by atoms with van der Waals surface area (Å²) in [6, 6.07) is 22.4. The maximum absolute atomic E-state index is 13.1. The van der Waals surface area contributed by atoms with Crippen LogP contribution in [0, 0.1) is 0 Å². The van der Waals surface area contributed by atoms with E-state index in [1.165, 1.54) is 10.8 Å². The first-order valence-electron chi connectivity index (χ1n) is 12.6. The molecule has 1 unspecified atom stereocenters. The van der Waals surface area contributed by atoms with Gasteiger partial charge in [-0.25, -0.2) is 14.6 Å². The molecule has 1 amide bonds. The van der Waals surface area contributed by atoms with Crippen molar-refractivity contribution in [3.8, 4) is 5.75 Å². The normalized spacial score (nSPS) is 14.4. The molecule has 3 aromatic rings. The third-order valence-electron chi connectivity index (χ3n) is 6.05. The van der Waals surface area contributed by atoms with Gasteiger partial charge in [0.2, 0.25) is 0 Å². The maximum atomic E-state index is 13.1. The van der Waals surface area contributed by atoms with E-state index in [2.05, 4.69) is 35.6 Å². The van der Waals surface area contributed by atoms with Crippen LogP contribution in [0.25, 0.3) is 10.8 Å². The summed E-state index contributed by atoms with van der Waals surface area (Å²) in [5, 5.41) is 26.8. The minimum atomic E-state index is -1.82. The zero-order valence-corrected chi connectivity index (χ0v) is 22.0. The second-order valence-electron chi connectivity index (χ2n) is 8.68. The predicted molar refractivity (Wildman–Crippen MR) is 147 cm³/mol. The first kappa shape index (κ1) is 29.3. The molecule has 10 nitrogen and oxygen atoms in total. The molecule has 0 saturated heterocycles. The van der Waals surface area contributed by atoms with Crippen LogP contribution in [0.4, 0.5) is 0 Å². The lowest BCUT2D eigenvalue weighted by Crippen LogP contribution is -2.36. The molecule has 0 aromatic heterocycles. The third kappa shape index (κ3) is 8.36. The number of carboxylic acid groups (broad SMARTS) is 2. The smallest absolute Gasteiger partial charge is 0.414 e. The van der Waals surface area contributed by atoms with Crippen LogP contribution >= 0.6 is 0 Å². The number of nitrogens with one attached hydrogen (secondary N) is 1. The van der Waals surface area contributed by atoms with Crippen LogP contribution in [0.3, 0.4) is 0 Å². The zero-order valence-electron chi connectivity index (χ0n) is 22.0. The number of hydrazone groups is 1. The van der Waals surface area contributed by atoms with Crippen LogP contribution in [0.2, 0.25) is 0 Å². The fourth-order valence-corrected chi connectivity index (χ4v) is 4.09. The van der Waals surface area contributed by atoms with Crippen LogP contribution in [0.1, 0.15) is 36.9 Å². The van der Waals surface area contributed by atoms with Gasteiger partial charge in [0, 0.05) is 19.6 Å². The average molecular weight is 536 g/mol. The average Bonchev–Trinajstić information content (AvgIpc) is 3.40. The fourth-order valence-electron chi connectivity index (χ4n) is 4.09. The van der Waals surface area contributed by atoms with Crippen LogP contribution < -0.4 is 10.1 Å². The van der Waals surface area contributed by atoms with Crippen LogP contribution in [0.5, 0.6) is 5.75 Å². The highest BCUT2D eigenvalue weighted by Crippen LogP contribution is 2.34. The Hall–Kier alpha value is -4.28. The number of amides is 1. The number of fused-ring (bicyclic) bond motifs is 1. The van der Waals surface area contributed by atoms with Gasteiger partial charge in [0.15, 0.2) is 0 Å². The molecule has 0 radical (unpaired) electrons. The summed E-state index contributed by atoms with van der Waals surface area (Å²) in [7, 11) is 1.65. The molecule has 3 N–H and O–H groups in total. The van der Waals surface area contributed by atoms with E-state index in [4.69, 9.17) is 34.4 Å². The summed E-state index contributed by atoms with van der Waals surface area (Å²) in [5.41, 5.74) is 3.01. The molecule has 1 heterocycles. The molecule has 10 heteroatoms. The van der Waals surface area contributed by atoms with E-state index in [1.807, 2.05) is 43.3 Å². The van der Waals surface area contributed by atoms with E-state index in [0.717, 1.165) is 35.6 Å². The topological polar surface area (TPSA) is 138 Å². The van der Waals surface area contributed by atoms with Crippen molar-refractivity contribution < 1.29 is 34.1 Å². The minimum absolute atomic E-state index is 0.0389. The Morgan fingerprint density at radius 2 is 1.69 bits per heavy atom. The van der Waals surface area contributed by atoms with E-state index in [-0.39, 0.29) is 18.5 Å². The van der Waals surface area contributed by atoms with E-state index < -0.39 is 11.9 Å². The lowest BCUT2D eigenvalue weighted by atomic mass is 9.97. The number of benzene rings is 3. The van der Waals surface area contributed by atoms with Gasteiger partial charge in [-0.3, -0.25) is 4.79 Å². The number of carbonyl (C=O) groups excluding carboxylic acids is 1. The van der Waals surface area contributed by atoms with E-state index in [9.17, 15) is 4.79 Å². The monoisotopic (exact) mass is 535 g/mol. The molecule has 0 bridgehead atoms. The molecule has 0 fully saturated rings. The van der Waals surface area contributed by atoms with E-state index in [0.29, 0.717) is 19.6 Å². The second kappa shape index (κ2) is 14.6. The molecule has 0 saturated carbocycles. The molecule has 1 aliphatic rings. The first-order chi connectivity index (χ1) is 18.8. The molecule has 4 rings (SSSR count). The Balaban J connectivity index is 0.000000631. The highest BCUT2D eigenvalue weighted by atomic mass is 16.5. The van der Waals surface area contributed by atoms with Gasteiger partial charge in [-0.1, -0.05) is 48.5 Å². The number of hydrogen-bond acceptors (Lipinski definition) is 7. The Labute approximate surface area is 226 Å². The molecular formula is C29H33N3O7. The quantitative estimate of drug-likeness (QED) is 0.264. The molecule has 3 aromatic carbocycles. The Morgan fingerprint density at radius 3 is 2.33 bits per heavy atom. The van der Waals surface area contributed by atoms with Gasteiger partial charge in [0.05, 0.1) is 25.4 Å².